The number of nitrogens with one attached hydrogen (secondary N) is 1. The number of benzene rings is 2. The maximum absolute atomic E-state index is 12.1. The Morgan fingerprint density at radius 3 is 2.56 bits per heavy atom. The first-order valence-electron chi connectivity index (χ1n) is 9.61. The third kappa shape index (κ3) is 5.91. The number of carbonyl (C=O) groups excluding carboxylic acids is 1. The number of aryl methyl sites for hydroxylation is 1. The number of amides is 1. The van der Waals surface area contributed by atoms with Gasteiger partial charge in [0.15, 0.2) is 11.5 Å². The van der Waals surface area contributed by atoms with E-state index in [1.165, 1.54) is 0 Å². The molecule has 1 aliphatic heterocycles. The normalized spacial score (nSPS) is 12.9. The Morgan fingerprint density at radius 2 is 1.78 bits per heavy atom. The number of rotatable bonds is 8. The second-order valence-corrected chi connectivity index (χ2v) is 6.60. The fourth-order valence-electron chi connectivity index (χ4n) is 2.83. The zero-order valence-electron chi connectivity index (χ0n) is 15.8. The second kappa shape index (κ2) is 9.86. The molecule has 1 aliphatic rings. The van der Waals surface area contributed by atoms with Crippen LogP contribution in [-0.2, 0) is 17.8 Å². The largest absolute Gasteiger partial charge is 0.494 e. The van der Waals surface area contributed by atoms with Crippen molar-refractivity contribution in [1.82, 2.24) is 5.32 Å². The second-order valence-electron chi connectivity index (χ2n) is 6.60. The van der Waals surface area contributed by atoms with Crippen LogP contribution in [0.1, 0.15) is 37.3 Å². The van der Waals surface area contributed by atoms with Crippen molar-refractivity contribution in [2.45, 2.75) is 39.2 Å². The van der Waals surface area contributed by atoms with Gasteiger partial charge in [-0.15, -0.1) is 0 Å². The first kappa shape index (κ1) is 19.1. The maximum Gasteiger partial charge on any atom is 0.220 e. The summed E-state index contributed by atoms with van der Waals surface area (Å²) >= 11 is 0. The molecule has 0 saturated carbocycles. The molecule has 2 aromatic carbocycles. The molecule has 0 bridgehead atoms. The third-order valence-electron chi connectivity index (χ3n) is 4.34. The van der Waals surface area contributed by atoms with Crippen molar-refractivity contribution in [3.8, 4) is 17.2 Å². The summed E-state index contributed by atoms with van der Waals surface area (Å²) in [5.74, 6) is 2.46. The molecule has 0 aliphatic carbocycles. The van der Waals surface area contributed by atoms with E-state index in [4.69, 9.17) is 14.2 Å². The van der Waals surface area contributed by atoms with Crippen molar-refractivity contribution in [2.75, 3.05) is 19.8 Å². The highest BCUT2D eigenvalue weighted by Crippen LogP contribution is 2.30. The molecule has 1 heterocycles. The van der Waals surface area contributed by atoms with Gasteiger partial charge in [0.1, 0.15) is 5.75 Å². The summed E-state index contributed by atoms with van der Waals surface area (Å²) in [6.45, 7) is 4.67. The van der Waals surface area contributed by atoms with Crippen molar-refractivity contribution in [1.29, 1.82) is 0 Å². The van der Waals surface area contributed by atoms with Gasteiger partial charge in [-0.25, -0.2) is 0 Å². The summed E-state index contributed by atoms with van der Waals surface area (Å²) in [4.78, 5) is 12.1. The van der Waals surface area contributed by atoms with E-state index in [9.17, 15) is 4.79 Å². The zero-order valence-corrected chi connectivity index (χ0v) is 15.8. The Balaban J connectivity index is 1.44. The molecule has 0 saturated heterocycles. The van der Waals surface area contributed by atoms with E-state index in [0.29, 0.717) is 32.6 Å². The first-order chi connectivity index (χ1) is 13.2. The minimum absolute atomic E-state index is 0.0356. The molecule has 0 aromatic heterocycles. The summed E-state index contributed by atoms with van der Waals surface area (Å²) in [7, 11) is 0. The molecule has 0 atom stereocenters. The van der Waals surface area contributed by atoms with E-state index in [1.807, 2.05) is 42.5 Å². The Bertz CT molecular complexity index is 742. The molecule has 0 spiro atoms. The monoisotopic (exact) mass is 369 g/mol. The van der Waals surface area contributed by atoms with Gasteiger partial charge in [0.25, 0.3) is 0 Å². The van der Waals surface area contributed by atoms with Crippen LogP contribution in [0, 0.1) is 0 Å². The summed E-state index contributed by atoms with van der Waals surface area (Å²) in [6, 6.07) is 13.7. The molecule has 1 N–H and O–H groups in total. The lowest BCUT2D eigenvalue weighted by atomic mass is 10.1. The Morgan fingerprint density at radius 1 is 1.04 bits per heavy atom. The predicted octanol–water partition coefficient (Wildman–Crippen LogP) is 3.89. The maximum atomic E-state index is 12.1. The van der Waals surface area contributed by atoms with Crippen LogP contribution in [0.3, 0.4) is 0 Å². The van der Waals surface area contributed by atoms with E-state index in [0.717, 1.165) is 47.8 Å². The van der Waals surface area contributed by atoms with Crippen LogP contribution >= 0.6 is 0 Å². The van der Waals surface area contributed by atoms with Gasteiger partial charge in [-0.1, -0.05) is 25.1 Å². The summed E-state index contributed by atoms with van der Waals surface area (Å²) in [6.07, 6.45) is 2.99. The molecular weight excluding hydrogens is 342 g/mol. The van der Waals surface area contributed by atoms with Crippen molar-refractivity contribution < 1.29 is 19.0 Å². The van der Waals surface area contributed by atoms with E-state index in [-0.39, 0.29) is 5.91 Å². The molecule has 5 heteroatoms. The average molecular weight is 369 g/mol. The van der Waals surface area contributed by atoms with E-state index in [1.54, 1.807) is 0 Å². The summed E-state index contributed by atoms with van der Waals surface area (Å²) < 4.78 is 16.9. The van der Waals surface area contributed by atoms with Gasteiger partial charge in [0.05, 0.1) is 19.8 Å². The fraction of sp³-hybridized carbons (Fsp3) is 0.409. The highest BCUT2D eigenvalue weighted by atomic mass is 16.5. The van der Waals surface area contributed by atoms with E-state index < -0.39 is 0 Å². The van der Waals surface area contributed by atoms with Crippen molar-refractivity contribution >= 4 is 5.91 Å². The molecule has 2 aromatic rings. The molecule has 3 rings (SSSR count). The zero-order chi connectivity index (χ0) is 18.9. The molecular formula is C22H27NO4. The topological polar surface area (TPSA) is 56.8 Å². The molecule has 5 nitrogen and oxygen atoms in total. The Hall–Kier alpha value is -2.69. The van der Waals surface area contributed by atoms with Crippen LogP contribution in [0.25, 0.3) is 0 Å². The summed E-state index contributed by atoms with van der Waals surface area (Å²) in [5.41, 5.74) is 2.13. The van der Waals surface area contributed by atoms with E-state index in [2.05, 4.69) is 12.2 Å². The Kier molecular flexibility index (Phi) is 6.97. The van der Waals surface area contributed by atoms with Gasteiger partial charge >= 0.3 is 0 Å². The quantitative estimate of drug-likeness (QED) is 0.767. The van der Waals surface area contributed by atoms with Gasteiger partial charge in [-0.3, -0.25) is 4.79 Å². The lowest BCUT2D eigenvalue weighted by Crippen LogP contribution is -2.22. The SMILES string of the molecule is CCCOc1ccc(CNC(=O)CCc2ccc3c(c2)OCCCO3)cc1. The standard InChI is InChI=1S/C22H27NO4/c1-2-12-25-19-8-4-18(5-9-19)16-23-22(24)11-7-17-6-10-20-21(15-17)27-14-3-13-26-20/h4-6,8-10,15H,2-3,7,11-14,16H2,1H3,(H,23,24). The predicted molar refractivity (Wildman–Crippen MR) is 104 cm³/mol. The number of hydrogen-bond donors (Lipinski definition) is 1. The van der Waals surface area contributed by atoms with Crippen molar-refractivity contribution in [3.05, 3.63) is 53.6 Å². The van der Waals surface area contributed by atoms with Crippen LogP contribution in [-0.4, -0.2) is 25.7 Å². The number of ether oxygens (including phenoxy) is 3. The highest BCUT2D eigenvalue weighted by Gasteiger charge is 2.11. The smallest absolute Gasteiger partial charge is 0.220 e. The van der Waals surface area contributed by atoms with Gasteiger partial charge in [-0.2, -0.15) is 0 Å². The number of fused-ring (bicyclic) bond motifs is 1. The highest BCUT2D eigenvalue weighted by molar-refractivity contribution is 5.76. The minimum Gasteiger partial charge on any atom is -0.494 e. The van der Waals surface area contributed by atoms with Gasteiger partial charge in [0.2, 0.25) is 5.91 Å². The van der Waals surface area contributed by atoms with Gasteiger partial charge in [-0.05, 0) is 48.2 Å². The molecule has 0 fully saturated rings. The van der Waals surface area contributed by atoms with E-state index >= 15 is 0 Å². The van der Waals surface area contributed by atoms with Crippen molar-refractivity contribution in [2.24, 2.45) is 0 Å². The number of carbonyl (C=O) groups is 1. The molecule has 27 heavy (non-hydrogen) atoms. The molecule has 0 unspecified atom stereocenters. The van der Waals surface area contributed by atoms with Gasteiger partial charge < -0.3 is 19.5 Å². The average Bonchev–Trinajstić information content (AvgIpc) is 2.95. The van der Waals surface area contributed by atoms with Crippen LogP contribution in [0.15, 0.2) is 42.5 Å². The lowest BCUT2D eigenvalue weighted by Gasteiger charge is -2.10. The van der Waals surface area contributed by atoms with Crippen LogP contribution in [0.4, 0.5) is 0 Å². The van der Waals surface area contributed by atoms with Crippen LogP contribution < -0.4 is 19.5 Å². The molecule has 0 radical (unpaired) electrons. The van der Waals surface area contributed by atoms with Gasteiger partial charge in [0, 0.05) is 19.4 Å². The minimum atomic E-state index is 0.0356. The molecule has 144 valence electrons. The summed E-state index contributed by atoms with van der Waals surface area (Å²) in [5, 5.41) is 2.97. The third-order valence-corrected chi connectivity index (χ3v) is 4.34. The Labute approximate surface area is 160 Å². The van der Waals surface area contributed by atoms with Crippen LogP contribution in [0.5, 0.6) is 17.2 Å². The lowest BCUT2D eigenvalue weighted by molar-refractivity contribution is -0.121. The van der Waals surface area contributed by atoms with Crippen LogP contribution in [0.2, 0.25) is 0 Å². The molecule has 1 amide bonds. The van der Waals surface area contributed by atoms with Crippen molar-refractivity contribution in [3.63, 3.8) is 0 Å². The number of hydrogen-bond acceptors (Lipinski definition) is 4. The first-order valence-corrected chi connectivity index (χ1v) is 9.61. The fourth-order valence-corrected chi connectivity index (χ4v) is 2.83.